The Hall–Kier alpha value is -1.21. The van der Waals surface area contributed by atoms with Gasteiger partial charge in [-0.2, -0.15) is 0 Å². The molecule has 0 spiro atoms. The highest BCUT2D eigenvalue weighted by Crippen LogP contribution is 2.57. The van der Waals surface area contributed by atoms with E-state index in [1.165, 1.54) is 31.4 Å². The second-order valence-electron chi connectivity index (χ2n) is 7.14. The molecule has 5 rings (SSSR count). The molecule has 0 N–H and O–H groups in total. The topological polar surface area (TPSA) is 0 Å². The third-order valence-corrected chi connectivity index (χ3v) is 6.82. The van der Waals surface area contributed by atoms with E-state index in [0.717, 1.165) is 0 Å². The smallest absolute Gasteiger partial charge is 0.0620 e. The summed E-state index contributed by atoms with van der Waals surface area (Å²) < 4.78 is 0. The first-order valence-corrected chi connectivity index (χ1v) is 10.7. The summed E-state index contributed by atoms with van der Waals surface area (Å²) in [4.78, 5) is 0. The average molecular weight is 309 g/mol. The van der Waals surface area contributed by atoms with Crippen molar-refractivity contribution in [1.29, 1.82) is 0 Å². The van der Waals surface area contributed by atoms with E-state index < -0.39 is 0 Å². The van der Waals surface area contributed by atoms with E-state index in [1.807, 2.05) is 0 Å². The van der Waals surface area contributed by atoms with E-state index in [1.54, 1.807) is 22.3 Å². The van der Waals surface area contributed by atoms with Gasteiger partial charge in [-0.05, 0) is 58.8 Å². The van der Waals surface area contributed by atoms with Crippen molar-refractivity contribution in [2.75, 3.05) is 18.3 Å². The van der Waals surface area contributed by atoms with E-state index in [0.29, 0.717) is 22.2 Å². The van der Waals surface area contributed by atoms with Crippen molar-refractivity contribution in [2.45, 2.75) is 37.0 Å². The first-order chi connectivity index (χ1) is 10.7. The zero-order valence-electron chi connectivity index (χ0n) is 13.6. The van der Waals surface area contributed by atoms with Gasteiger partial charge in [0.05, 0.1) is 12.5 Å². The fourth-order valence-electron chi connectivity index (χ4n) is 4.81. The van der Waals surface area contributed by atoms with Gasteiger partial charge in [0.2, 0.25) is 0 Å². The van der Waals surface area contributed by atoms with Gasteiger partial charge in [-0.3, -0.25) is 0 Å². The van der Waals surface area contributed by atoms with Crippen LogP contribution in [0.3, 0.4) is 0 Å². The second kappa shape index (κ2) is 5.45. The van der Waals surface area contributed by atoms with Crippen LogP contribution >= 0.6 is 0 Å². The van der Waals surface area contributed by atoms with Crippen LogP contribution in [0.4, 0.5) is 0 Å². The number of benzene rings is 2. The van der Waals surface area contributed by atoms with Crippen molar-refractivity contribution < 1.29 is 0 Å². The molecule has 2 aromatic carbocycles. The first kappa shape index (κ1) is 14.4. The van der Waals surface area contributed by atoms with Gasteiger partial charge in [-0.15, -0.1) is 0 Å². The van der Waals surface area contributed by atoms with E-state index >= 15 is 0 Å². The maximum atomic E-state index is 2.41. The Morgan fingerprint density at radius 2 is 1.55 bits per heavy atom. The normalized spacial score (nSPS) is 25.1. The minimum atomic E-state index is 0.293. The largest absolute Gasteiger partial charge is 0.107 e. The zero-order valence-corrected chi connectivity index (χ0v) is 14.5. The highest BCUT2D eigenvalue weighted by Gasteiger charge is 2.47. The van der Waals surface area contributed by atoms with E-state index in [2.05, 4.69) is 61.0 Å². The molecular formula is C21H25S+. The number of hydrogen-bond donors (Lipinski definition) is 0. The monoisotopic (exact) mass is 309 g/mol. The number of hydrogen-bond acceptors (Lipinski definition) is 0. The highest BCUT2D eigenvalue weighted by atomic mass is 32.2. The molecule has 2 bridgehead atoms. The molecule has 0 unspecified atom stereocenters. The molecule has 0 radical (unpaired) electrons. The summed E-state index contributed by atoms with van der Waals surface area (Å²) >= 11 is 0. The molecule has 0 amide bonds. The fourth-order valence-corrected chi connectivity index (χ4v) is 5.54. The van der Waals surface area contributed by atoms with E-state index in [4.69, 9.17) is 0 Å². The SMILES string of the molecule is C[S+](C)CCCC12CCC(c3ccccc31)c1ccccc12. The van der Waals surface area contributed by atoms with Crippen LogP contribution < -0.4 is 0 Å². The molecule has 2 aromatic rings. The van der Waals surface area contributed by atoms with Crippen molar-refractivity contribution in [2.24, 2.45) is 0 Å². The predicted octanol–water partition coefficient (Wildman–Crippen LogP) is 4.87. The molecule has 1 heteroatoms. The molecule has 0 aromatic heterocycles. The maximum Gasteiger partial charge on any atom is 0.107 e. The van der Waals surface area contributed by atoms with E-state index in [9.17, 15) is 0 Å². The molecule has 3 aliphatic rings. The molecule has 0 fully saturated rings. The van der Waals surface area contributed by atoms with Crippen LogP contribution in [0.1, 0.15) is 53.9 Å². The lowest BCUT2D eigenvalue weighted by Gasteiger charge is -2.49. The quantitative estimate of drug-likeness (QED) is 0.707. The van der Waals surface area contributed by atoms with Crippen LogP contribution in [0.15, 0.2) is 48.5 Å². The van der Waals surface area contributed by atoms with Crippen LogP contribution in [0.5, 0.6) is 0 Å². The minimum absolute atomic E-state index is 0.293. The van der Waals surface area contributed by atoms with Crippen LogP contribution in [0.2, 0.25) is 0 Å². The lowest BCUT2D eigenvalue weighted by atomic mass is 9.54. The van der Waals surface area contributed by atoms with Gasteiger partial charge in [0, 0.05) is 11.3 Å². The van der Waals surface area contributed by atoms with Crippen molar-refractivity contribution in [3.63, 3.8) is 0 Å². The zero-order chi connectivity index (χ0) is 15.2. The Morgan fingerprint density at radius 1 is 0.955 bits per heavy atom. The fraction of sp³-hybridized carbons (Fsp3) is 0.429. The minimum Gasteiger partial charge on any atom is -0.0620 e. The van der Waals surface area contributed by atoms with Gasteiger partial charge in [-0.1, -0.05) is 48.5 Å². The molecular weight excluding hydrogens is 284 g/mol. The molecule has 0 nitrogen and oxygen atoms in total. The molecule has 0 heterocycles. The Balaban J connectivity index is 1.82. The molecule has 0 saturated heterocycles. The summed E-state index contributed by atoms with van der Waals surface area (Å²) in [7, 11) is 0.557. The van der Waals surface area contributed by atoms with Crippen LogP contribution in [0.25, 0.3) is 0 Å². The highest BCUT2D eigenvalue weighted by molar-refractivity contribution is 7.95. The first-order valence-electron chi connectivity index (χ1n) is 8.45. The summed E-state index contributed by atoms with van der Waals surface area (Å²) in [6, 6.07) is 18.5. The maximum absolute atomic E-state index is 2.41. The Kier molecular flexibility index (Phi) is 3.57. The lowest BCUT2D eigenvalue weighted by Crippen LogP contribution is -2.40. The molecule has 114 valence electrons. The van der Waals surface area contributed by atoms with Gasteiger partial charge in [0.15, 0.2) is 0 Å². The Morgan fingerprint density at radius 3 is 2.14 bits per heavy atom. The van der Waals surface area contributed by atoms with Crippen LogP contribution in [0, 0.1) is 0 Å². The molecule has 0 atom stereocenters. The van der Waals surface area contributed by atoms with Gasteiger partial charge in [0.1, 0.15) is 5.75 Å². The van der Waals surface area contributed by atoms with Crippen LogP contribution in [-0.4, -0.2) is 18.3 Å². The summed E-state index contributed by atoms with van der Waals surface area (Å²) in [6.07, 6.45) is 10.1. The van der Waals surface area contributed by atoms with Gasteiger partial charge in [0.25, 0.3) is 0 Å². The van der Waals surface area contributed by atoms with E-state index in [-0.39, 0.29) is 0 Å². The van der Waals surface area contributed by atoms with Crippen molar-refractivity contribution in [3.8, 4) is 0 Å². The third-order valence-electron chi connectivity index (χ3n) is 5.72. The second-order valence-corrected chi connectivity index (χ2v) is 9.52. The van der Waals surface area contributed by atoms with Crippen molar-refractivity contribution in [1.82, 2.24) is 0 Å². The molecule has 0 aliphatic heterocycles. The van der Waals surface area contributed by atoms with Gasteiger partial charge >= 0.3 is 0 Å². The Labute approximate surface area is 137 Å². The van der Waals surface area contributed by atoms with Gasteiger partial charge in [-0.25, -0.2) is 0 Å². The average Bonchev–Trinajstić information content (AvgIpc) is 2.55. The number of rotatable bonds is 4. The lowest BCUT2D eigenvalue weighted by molar-refractivity contribution is 0.348. The van der Waals surface area contributed by atoms with Gasteiger partial charge < -0.3 is 0 Å². The number of fused-ring (bicyclic) bond motifs is 1. The summed E-state index contributed by atoms with van der Waals surface area (Å²) in [5.74, 6) is 2.01. The molecule has 0 saturated carbocycles. The third kappa shape index (κ3) is 2.06. The molecule has 22 heavy (non-hydrogen) atoms. The summed E-state index contributed by atoms with van der Waals surface area (Å²) in [5.41, 5.74) is 6.79. The standard InChI is InChI=1S/C21H25S/c1-22(2)15-7-13-21-14-12-16(17-8-3-5-10-19(17)21)18-9-4-6-11-20(18)21/h3-6,8-11,16H,7,12-15H2,1-2H3/q+1. The van der Waals surface area contributed by atoms with Crippen LogP contribution in [-0.2, 0) is 16.3 Å². The molecule has 3 aliphatic carbocycles. The van der Waals surface area contributed by atoms with Crippen molar-refractivity contribution in [3.05, 3.63) is 70.8 Å². The summed E-state index contributed by atoms with van der Waals surface area (Å²) in [5, 5.41) is 0. The van der Waals surface area contributed by atoms with Crippen molar-refractivity contribution >= 4 is 10.9 Å². The Bertz CT molecular complexity index is 638. The summed E-state index contributed by atoms with van der Waals surface area (Å²) in [6.45, 7) is 0. The predicted molar refractivity (Wildman–Crippen MR) is 98.1 cm³/mol.